The van der Waals surface area contributed by atoms with E-state index in [-0.39, 0.29) is 16.5 Å². The van der Waals surface area contributed by atoms with Crippen LogP contribution in [0.1, 0.15) is 40.6 Å². The third-order valence-corrected chi connectivity index (χ3v) is 6.18. The van der Waals surface area contributed by atoms with Crippen LogP contribution in [0, 0.1) is 5.82 Å². The number of anilines is 1. The highest BCUT2D eigenvalue weighted by molar-refractivity contribution is 6.31. The van der Waals surface area contributed by atoms with E-state index in [2.05, 4.69) is 15.6 Å². The van der Waals surface area contributed by atoms with Crippen LogP contribution in [0.5, 0.6) is 0 Å². The van der Waals surface area contributed by atoms with E-state index < -0.39 is 18.0 Å². The fourth-order valence-corrected chi connectivity index (χ4v) is 4.29. The molecule has 0 radical (unpaired) electrons. The lowest BCUT2D eigenvalue weighted by Crippen LogP contribution is -2.29. The summed E-state index contributed by atoms with van der Waals surface area (Å²) in [6, 6.07) is 10.5. The van der Waals surface area contributed by atoms with Crippen molar-refractivity contribution >= 4 is 40.3 Å². The molecule has 0 aliphatic carbocycles. The van der Waals surface area contributed by atoms with Crippen molar-refractivity contribution in [3.05, 3.63) is 76.5 Å². The van der Waals surface area contributed by atoms with Gasteiger partial charge in [-0.1, -0.05) is 28.9 Å². The monoisotopic (exact) mass is 497 g/mol. The number of cyclic esters (lactones) is 1. The highest BCUT2D eigenvalue weighted by Crippen LogP contribution is 2.38. The molecule has 0 saturated heterocycles. The lowest BCUT2D eigenvalue weighted by Gasteiger charge is -2.27. The van der Waals surface area contributed by atoms with Crippen molar-refractivity contribution in [3.8, 4) is 0 Å². The van der Waals surface area contributed by atoms with Gasteiger partial charge < -0.3 is 14.2 Å². The van der Waals surface area contributed by atoms with Crippen molar-refractivity contribution in [2.24, 2.45) is 0 Å². The van der Waals surface area contributed by atoms with Gasteiger partial charge in [0.2, 0.25) is 0 Å². The SMILES string of the molecule is CN(CCCC1OC(=O)Nc2ccc(Cl)c(F)c21)C(=O)c1cnn(Cc2noc3ccccc23)c1. The molecule has 9 nitrogen and oxygen atoms in total. The number of para-hydroxylation sites is 1. The van der Waals surface area contributed by atoms with E-state index in [0.717, 1.165) is 11.1 Å². The highest BCUT2D eigenvalue weighted by Gasteiger charge is 2.30. The molecule has 1 atom stereocenters. The van der Waals surface area contributed by atoms with E-state index in [4.69, 9.17) is 20.9 Å². The number of benzene rings is 2. The number of carbonyl (C=O) groups excluding carboxylic acids is 2. The van der Waals surface area contributed by atoms with Crippen molar-refractivity contribution in [2.45, 2.75) is 25.5 Å². The largest absolute Gasteiger partial charge is 0.441 e. The molecule has 1 aliphatic rings. The van der Waals surface area contributed by atoms with Crippen LogP contribution in [0.25, 0.3) is 11.0 Å². The number of carbonyl (C=O) groups is 2. The summed E-state index contributed by atoms with van der Waals surface area (Å²) < 4.78 is 26.8. The number of amides is 2. The molecule has 0 saturated carbocycles. The molecule has 2 aromatic heterocycles. The van der Waals surface area contributed by atoms with E-state index in [1.807, 2.05) is 24.3 Å². The number of nitrogens with zero attached hydrogens (tertiary/aromatic N) is 4. The first-order chi connectivity index (χ1) is 16.9. The van der Waals surface area contributed by atoms with Gasteiger partial charge in [0.1, 0.15) is 11.8 Å². The van der Waals surface area contributed by atoms with Crippen LogP contribution in [0.15, 0.2) is 53.3 Å². The summed E-state index contributed by atoms with van der Waals surface area (Å²) >= 11 is 5.90. The van der Waals surface area contributed by atoms with Gasteiger partial charge in [-0.05, 0) is 37.1 Å². The summed E-state index contributed by atoms with van der Waals surface area (Å²) in [6.45, 7) is 0.736. The summed E-state index contributed by atoms with van der Waals surface area (Å²) in [6.07, 6.45) is 2.52. The first-order valence-corrected chi connectivity index (χ1v) is 11.3. The van der Waals surface area contributed by atoms with Crippen LogP contribution in [-0.4, -0.2) is 45.4 Å². The normalized spacial score (nSPS) is 14.9. The maximum Gasteiger partial charge on any atom is 0.412 e. The van der Waals surface area contributed by atoms with Gasteiger partial charge in [-0.3, -0.25) is 14.8 Å². The molecule has 1 unspecified atom stereocenters. The Hall–Kier alpha value is -3.92. The van der Waals surface area contributed by atoms with E-state index in [9.17, 15) is 14.0 Å². The first kappa shape index (κ1) is 22.9. The highest BCUT2D eigenvalue weighted by atomic mass is 35.5. The van der Waals surface area contributed by atoms with Crippen molar-refractivity contribution < 1.29 is 23.2 Å². The van der Waals surface area contributed by atoms with Gasteiger partial charge in [0, 0.05) is 25.2 Å². The van der Waals surface area contributed by atoms with Gasteiger partial charge in [-0.15, -0.1) is 0 Å². The number of ether oxygens (including phenoxy) is 1. The van der Waals surface area contributed by atoms with E-state index in [0.29, 0.717) is 42.8 Å². The van der Waals surface area contributed by atoms with Gasteiger partial charge >= 0.3 is 6.09 Å². The molecule has 2 amide bonds. The lowest BCUT2D eigenvalue weighted by atomic mass is 10.0. The minimum absolute atomic E-state index is 0.0450. The fraction of sp³-hybridized carbons (Fsp3) is 0.250. The third kappa shape index (κ3) is 4.57. The van der Waals surface area contributed by atoms with E-state index in [1.165, 1.54) is 12.3 Å². The Kier molecular flexibility index (Phi) is 6.12. The lowest BCUT2D eigenvalue weighted by molar-refractivity contribution is 0.0759. The molecule has 35 heavy (non-hydrogen) atoms. The van der Waals surface area contributed by atoms with Gasteiger partial charge in [-0.2, -0.15) is 5.10 Å². The Morgan fingerprint density at radius 2 is 2.11 bits per heavy atom. The molecule has 4 aromatic rings. The third-order valence-electron chi connectivity index (χ3n) is 5.89. The quantitative estimate of drug-likeness (QED) is 0.384. The smallest absolute Gasteiger partial charge is 0.412 e. The van der Waals surface area contributed by atoms with Gasteiger partial charge in [-0.25, -0.2) is 9.18 Å². The summed E-state index contributed by atoms with van der Waals surface area (Å²) in [5.74, 6) is -0.830. The average molecular weight is 498 g/mol. The Morgan fingerprint density at radius 1 is 1.29 bits per heavy atom. The van der Waals surface area contributed by atoms with Crippen molar-refractivity contribution in [1.82, 2.24) is 19.8 Å². The molecule has 11 heteroatoms. The van der Waals surface area contributed by atoms with E-state index in [1.54, 1.807) is 28.9 Å². The molecule has 3 heterocycles. The maximum atomic E-state index is 14.6. The number of fused-ring (bicyclic) bond motifs is 2. The first-order valence-electron chi connectivity index (χ1n) is 11.0. The zero-order chi connectivity index (χ0) is 24.5. The molecule has 0 bridgehead atoms. The van der Waals surface area contributed by atoms with Gasteiger partial charge in [0.25, 0.3) is 5.91 Å². The topological polar surface area (TPSA) is 102 Å². The van der Waals surface area contributed by atoms with Crippen molar-refractivity contribution in [3.63, 3.8) is 0 Å². The zero-order valence-corrected chi connectivity index (χ0v) is 19.5. The maximum absolute atomic E-state index is 14.6. The Bertz CT molecular complexity index is 1420. The van der Waals surface area contributed by atoms with Crippen LogP contribution in [0.4, 0.5) is 14.9 Å². The predicted octanol–water partition coefficient (Wildman–Crippen LogP) is 5.02. The average Bonchev–Trinajstić information content (AvgIpc) is 3.48. The second kappa shape index (κ2) is 9.38. The van der Waals surface area contributed by atoms with Crippen LogP contribution in [-0.2, 0) is 11.3 Å². The fourth-order valence-electron chi connectivity index (χ4n) is 4.12. The summed E-state index contributed by atoms with van der Waals surface area (Å²) in [7, 11) is 1.67. The molecule has 180 valence electrons. The molecule has 2 aromatic carbocycles. The summed E-state index contributed by atoms with van der Waals surface area (Å²) in [4.78, 5) is 26.3. The predicted molar refractivity (Wildman–Crippen MR) is 126 cm³/mol. The number of halogens is 2. The molecule has 1 N–H and O–H groups in total. The summed E-state index contributed by atoms with van der Waals surface area (Å²) in [5.41, 5.74) is 2.39. The number of hydrogen-bond acceptors (Lipinski definition) is 6. The van der Waals surface area contributed by atoms with Crippen LogP contribution in [0.2, 0.25) is 5.02 Å². The molecule has 5 rings (SSSR count). The Labute approximate surface area is 204 Å². The second-order valence-corrected chi connectivity index (χ2v) is 8.67. The standard InChI is InChI=1S/C24H21ClFN5O4/c1-30(10-4-7-20-21-17(28-24(33)34-20)9-8-16(25)22(21)26)23(32)14-11-27-31(12-14)13-18-15-5-2-3-6-19(15)35-29-18/h2-3,5-6,8-9,11-12,20H,4,7,10,13H2,1H3,(H,28,33). The van der Waals surface area contributed by atoms with Crippen molar-refractivity contribution in [1.29, 1.82) is 0 Å². The van der Waals surface area contributed by atoms with Crippen molar-refractivity contribution in [2.75, 3.05) is 18.9 Å². The number of rotatable bonds is 7. The van der Waals surface area contributed by atoms with Gasteiger partial charge in [0.05, 0.1) is 34.6 Å². The van der Waals surface area contributed by atoms with Crippen LogP contribution in [0.3, 0.4) is 0 Å². The summed E-state index contributed by atoms with van der Waals surface area (Å²) in [5, 5.41) is 11.7. The molecule has 1 aliphatic heterocycles. The van der Waals surface area contributed by atoms with Gasteiger partial charge in [0.15, 0.2) is 11.4 Å². The minimum atomic E-state index is -0.791. The molecular formula is C24H21ClFN5O4. The van der Waals surface area contributed by atoms with Crippen LogP contribution >= 0.6 is 11.6 Å². The second-order valence-electron chi connectivity index (χ2n) is 8.26. The zero-order valence-electron chi connectivity index (χ0n) is 18.7. The molecular weight excluding hydrogens is 477 g/mol. The van der Waals surface area contributed by atoms with Crippen LogP contribution < -0.4 is 5.32 Å². The Balaban J connectivity index is 1.20. The molecule has 0 spiro atoms. The molecule has 0 fully saturated rings. The number of nitrogens with one attached hydrogen (secondary N) is 1. The Morgan fingerprint density at radius 3 is 2.97 bits per heavy atom. The number of aromatic nitrogens is 3. The number of hydrogen-bond donors (Lipinski definition) is 1. The van der Waals surface area contributed by atoms with E-state index >= 15 is 0 Å². The minimum Gasteiger partial charge on any atom is -0.441 e.